The van der Waals surface area contributed by atoms with Crippen molar-refractivity contribution in [1.29, 1.82) is 10.5 Å². The first-order chi connectivity index (χ1) is 8.74. The Labute approximate surface area is 112 Å². The Morgan fingerprint density at radius 1 is 1.22 bits per heavy atom. The number of anilines is 1. The summed E-state index contributed by atoms with van der Waals surface area (Å²) in [4.78, 5) is 0. The second kappa shape index (κ2) is 5.76. The van der Waals surface area contributed by atoms with Crippen LogP contribution in [0.3, 0.4) is 0 Å². The molecule has 0 aromatic heterocycles. The number of halogens is 1. The Balaban J connectivity index is 2.14. The summed E-state index contributed by atoms with van der Waals surface area (Å²) < 4.78 is 0. The molecular formula is C14H14ClN3. The van der Waals surface area contributed by atoms with E-state index < -0.39 is 0 Å². The molecule has 0 heterocycles. The highest BCUT2D eigenvalue weighted by atomic mass is 35.5. The maximum atomic E-state index is 9.12. The van der Waals surface area contributed by atoms with Gasteiger partial charge >= 0.3 is 0 Å². The van der Waals surface area contributed by atoms with Gasteiger partial charge in [0.15, 0.2) is 0 Å². The van der Waals surface area contributed by atoms with E-state index in [2.05, 4.69) is 17.5 Å². The average Bonchev–Trinajstić information content (AvgIpc) is 2.41. The van der Waals surface area contributed by atoms with Crippen molar-refractivity contribution in [1.82, 2.24) is 0 Å². The highest BCUT2D eigenvalue weighted by Crippen LogP contribution is 2.30. The van der Waals surface area contributed by atoms with Crippen LogP contribution in [0.15, 0.2) is 18.2 Å². The zero-order chi connectivity index (χ0) is 13.0. The average molecular weight is 260 g/mol. The lowest BCUT2D eigenvalue weighted by molar-refractivity contribution is 0.389. The lowest BCUT2D eigenvalue weighted by Gasteiger charge is -2.28. The molecule has 1 aliphatic carbocycles. The predicted molar refractivity (Wildman–Crippen MR) is 71.1 cm³/mol. The molecule has 0 spiro atoms. The van der Waals surface area contributed by atoms with Crippen LogP contribution in [-0.2, 0) is 0 Å². The molecule has 0 saturated heterocycles. The molecule has 4 heteroatoms. The summed E-state index contributed by atoms with van der Waals surface area (Å²) in [6, 6.07) is 9.76. The molecule has 0 aliphatic heterocycles. The summed E-state index contributed by atoms with van der Waals surface area (Å²) in [5.41, 5.74) is 1.36. The van der Waals surface area contributed by atoms with Crippen LogP contribution in [0.1, 0.15) is 31.2 Å². The molecule has 0 amide bonds. The van der Waals surface area contributed by atoms with Crippen molar-refractivity contribution in [2.24, 2.45) is 5.92 Å². The number of nitrogens with zero attached hydrogens (tertiary/aromatic N) is 2. The fourth-order valence-corrected chi connectivity index (χ4v) is 2.59. The van der Waals surface area contributed by atoms with Gasteiger partial charge in [0.2, 0.25) is 0 Å². The van der Waals surface area contributed by atoms with Gasteiger partial charge in [0, 0.05) is 6.04 Å². The van der Waals surface area contributed by atoms with Gasteiger partial charge in [-0.25, -0.2) is 0 Å². The quantitative estimate of drug-likeness (QED) is 0.881. The van der Waals surface area contributed by atoms with E-state index in [1.165, 1.54) is 0 Å². The van der Waals surface area contributed by atoms with Gasteiger partial charge in [-0.1, -0.05) is 24.4 Å². The van der Waals surface area contributed by atoms with Gasteiger partial charge in [0.05, 0.1) is 34.3 Å². The third-order valence-corrected chi connectivity index (χ3v) is 3.68. The molecule has 2 atom stereocenters. The van der Waals surface area contributed by atoms with E-state index in [0.29, 0.717) is 10.6 Å². The monoisotopic (exact) mass is 259 g/mol. The van der Waals surface area contributed by atoms with Crippen molar-refractivity contribution in [3.63, 3.8) is 0 Å². The first-order valence-corrected chi connectivity index (χ1v) is 6.48. The third kappa shape index (κ3) is 2.75. The van der Waals surface area contributed by atoms with Crippen molar-refractivity contribution in [3.05, 3.63) is 28.8 Å². The Morgan fingerprint density at radius 3 is 2.67 bits per heavy atom. The van der Waals surface area contributed by atoms with Gasteiger partial charge in [-0.05, 0) is 31.0 Å². The van der Waals surface area contributed by atoms with E-state index >= 15 is 0 Å². The van der Waals surface area contributed by atoms with Crippen LogP contribution in [0, 0.1) is 28.6 Å². The predicted octanol–water partition coefficient (Wildman–Crippen LogP) is 3.71. The maximum Gasteiger partial charge on any atom is 0.0992 e. The summed E-state index contributed by atoms with van der Waals surface area (Å²) in [5, 5.41) is 21.8. The maximum absolute atomic E-state index is 9.12. The number of hydrogen-bond acceptors (Lipinski definition) is 3. The lowest BCUT2D eigenvalue weighted by Crippen LogP contribution is -2.31. The van der Waals surface area contributed by atoms with Crippen LogP contribution in [0.2, 0.25) is 5.02 Å². The minimum atomic E-state index is 0.0467. The summed E-state index contributed by atoms with van der Waals surface area (Å²) in [6.07, 6.45) is 4.21. The van der Waals surface area contributed by atoms with Gasteiger partial charge in [-0.15, -0.1) is 0 Å². The van der Waals surface area contributed by atoms with E-state index in [1.807, 2.05) is 6.07 Å². The SMILES string of the molecule is N#Cc1ccc(NC2CCCCC2C#N)c(Cl)c1. The van der Waals surface area contributed by atoms with E-state index in [4.69, 9.17) is 22.1 Å². The van der Waals surface area contributed by atoms with Gasteiger partial charge in [-0.3, -0.25) is 0 Å². The zero-order valence-corrected chi connectivity index (χ0v) is 10.7. The van der Waals surface area contributed by atoms with Gasteiger partial charge < -0.3 is 5.32 Å². The molecule has 0 radical (unpaired) electrons. The third-order valence-electron chi connectivity index (χ3n) is 3.37. The largest absolute Gasteiger partial charge is 0.380 e. The molecule has 2 rings (SSSR count). The van der Waals surface area contributed by atoms with Gasteiger partial charge in [-0.2, -0.15) is 10.5 Å². The second-order valence-corrected chi connectivity index (χ2v) is 4.98. The van der Waals surface area contributed by atoms with Crippen molar-refractivity contribution >= 4 is 17.3 Å². The van der Waals surface area contributed by atoms with E-state index in [0.717, 1.165) is 31.4 Å². The molecule has 1 fully saturated rings. The van der Waals surface area contributed by atoms with Crippen LogP contribution in [0.25, 0.3) is 0 Å². The Kier molecular flexibility index (Phi) is 4.07. The first kappa shape index (κ1) is 12.7. The zero-order valence-electron chi connectivity index (χ0n) is 9.99. The number of benzene rings is 1. The van der Waals surface area contributed by atoms with Crippen molar-refractivity contribution in [2.45, 2.75) is 31.7 Å². The van der Waals surface area contributed by atoms with Crippen LogP contribution in [0.4, 0.5) is 5.69 Å². The summed E-state index contributed by atoms with van der Waals surface area (Å²) in [6.45, 7) is 0. The fraction of sp³-hybridized carbons (Fsp3) is 0.429. The molecule has 1 aliphatic rings. The number of rotatable bonds is 2. The number of nitrogens with one attached hydrogen (secondary N) is 1. The summed E-state index contributed by atoms with van der Waals surface area (Å²) in [5.74, 6) is 0.0467. The number of nitriles is 2. The normalized spacial score (nSPS) is 22.8. The van der Waals surface area contributed by atoms with E-state index in [9.17, 15) is 0 Å². The smallest absolute Gasteiger partial charge is 0.0992 e. The highest BCUT2D eigenvalue weighted by Gasteiger charge is 2.25. The molecule has 3 nitrogen and oxygen atoms in total. The van der Waals surface area contributed by atoms with Gasteiger partial charge in [0.1, 0.15) is 0 Å². The van der Waals surface area contributed by atoms with Crippen molar-refractivity contribution < 1.29 is 0 Å². The van der Waals surface area contributed by atoms with Crippen LogP contribution in [0.5, 0.6) is 0 Å². The fourth-order valence-electron chi connectivity index (χ4n) is 2.36. The van der Waals surface area contributed by atoms with Crippen LogP contribution in [-0.4, -0.2) is 6.04 Å². The first-order valence-electron chi connectivity index (χ1n) is 6.10. The van der Waals surface area contributed by atoms with Crippen LogP contribution >= 0.6 is 11.6 Å². The Bertz CT molecular complexity index is 513. The summed E-state index contributed by atoms with van der Waals surface area (Å²) >= 11 is 6.12. The molecule has 1 N–H and O–H groups in total. The topological polar surface area (TPSA) is 59.6 Å². The molecular weight excluding hydrogens is 246 g/mol. The lowest BCUT2D eigenvalue weighted by atomic mass is 9.85. The minimum Gasteiger partial charge on any atom is -0.380 e. The van der Waals surface area contributed by atoms with Crippen LogP contribution < -0.4 is 5.32 Å². The van der Waals surface area contributed by atoms with Gasteiger partial charge in [0.25, 0.3) is 0 Å². The molecule has 18 heavy (non-hydrogen) atoms. The Morgan fingerprint density at radius 2 is 2.00 bits per heavy atom. The minimum absolute atomic E-state index is 0.0467. The molecule has 1 saturated carbocycles. The molecule has 1 aromatic rings. The highest BCUT2D eigenvalue weighted by molar-refractivity contribution is 6.33. The van der Waals surface area contributed by atoms with E-state index in [1.54, 1.807) is 12.1 Å². The summed E-state index contributed by atoms with van der Waals surface area (Å²) in [7, 11) is 0. The standard InChI is InChI=1S/C14H14ClN3/c15-12-7-10(8-16)5-6-14(12)18-13-4-2-1-3-11(13)9-17/h5-7,11,13,18H,1-4H2. The van der Waals surface area contributed by atoms with E-state index in [-0.39, 0.29) is 12.0 Å². The van der Waals surface area contributed by atoms with Crippen molar-refractivity contribution in [3.8, 4) is 12.1 Å². The molecule has 1 aromatic carbocycles. The molecule has 2 unspecified atom stereocenters. The Hall–Kier alpha value is -1.71. The van der Waals surface area contributed by atoms with Crippen molar-refractivity contribution in [2.75, 3.05) is 5.32 Å². The molecule has 0 bridgehead atoms. The molecule has 92 valence electrons. The number of hydrogen-bond donors (Lipinski definition) is 1. The second-order valence-electron chi connectivity index (χ2n) is 4.58.